The van der Waals surface area contributed by atoms with E-state index in [9.17, 15) is 0 Å². The van der Waals surface area contributed by atoms with Crippen molar-refractivity contribution >= 4 is 11.4 Å². The van der Waals surface area contributed by atoms with E-state index in [1.807, 2.05) is 0 Å². The minimum atomic E-state index is -0.171. The SMILES string of the molecule is c1cc(C(OC(c2cccc(N(CC3CO3)CC3CO3)c2)C2CO2)C2CO2)cc(N(CC2CO2)CC2CO2)c1. The van der Waals surface area contributed by atoms with Crippen LogP contribution in [0.25, 0.3) is 0 Å². The van der Waals surface area contributed by atoms with Crippen molar-refractivity contribution in [3.05, 3.63) is 59.7 Å². The van der Waals surface area contributed by atoms with Gasteiger partial charge in [-0.2, -0.15) is 0 Å². The summed E-state index contributed by atoms with van der Waals surface area (Å²) in [6.45, 7) is 8.30. The first-order valence-electron chi connectivity index (χ1n) is 14.3. The number of benzene rings is 2. The molecular formula is C30H36N2O7. The molecule has 2 aromatic rings. The second-order valence-corrected chi connectivity index (χ2v) is 11.5. The van der Waals surface area contributed by atoms with Crippen molar-refractivity contribution in [3.63, 3.8) is 0 Å². The van der Waals surface area contributed by atoms with Crippen molar-refractivity contribution in [3.8, 4) is 0 Å². The summed E-state index contributed by atoms with van der Waals surface area (Å²) < 4.78 is 40.7. The van der Waals surface area contributed by atoms with Crippen LogP contribution in [-0.4, -0.2) is 102 Å². The Morgan fingerprint density at radius 1 is 0.564 bits per heavy atom. The average Bonchev–Trinajstić information content (AvgIpc) is 3.76. The third kappa shape index (κ3) is 6.41. The standard InChI is InChI=1S/C30H36N2O7/c1-3-19(7-21(5-1)31(9-23-13-33-23)10-24-14-34-24)29(27-17-37-27)39-30(28-18-38-28)20-4-2-6-22(8-20)32(11-25-15-35-25)12-26-16-36-26/h1-8,23-30H,9-18H2. The normalized spacial score (nSPS) is 32.7. The fourth-order valence-electron chi connectivity index (χ4n) is 5.43. The number of rotatable bonds is 16. The summed E-state index contributed by atoms with van der Waals surface area (Å²) in [6.07, 6.45) is 1.00. The number of epoxide rings is 6. The van der Waals surface area contributed by atoms with E-state index in [4.69, 9.17) is 33.2 Å². The van der Waals surface area contributed by atoms with Crippen LogP contribution in [0.15, 0.2) is 48.5 Å². The van der Waals surface area contributed by atoms with Crippen LogP contribution in [0.4, 0.5) is 11.4 Å². The van der Waals surface area contributed by atoms with Gasteiger partial charge in [-0.15, -0.1) is 0 Å². The van der Waals surface area contributed by atoms with Crippen LogP contribution in [0.1, 0.15) is 23.3 Å². The Labute approximate surface area is 228 Å². The Kier molecular flexibility index (Phi) is 6.48. The number of ether oxygens (including phenoxy) is 7. The molecule has 0 aliphatic carbocycles. The fraction of sp³-hybridized carbons (Fsp3) is 0.600. The molecular weight excluding hydrogens is 500 g/mol. The molecule has 2 aromatic carbocycles. The summed E-state index contributed by atoms with van der Waals surface area (Å²) in [5.74, 6) is 0. The van der Waals surface area contributed by atoms with Crippen molar-refractivity contribution in [2.75, 3.05) is 75.6 Å². The Hall–Kier alpha value is -2.24. The summed E-state index contributed by atoms with van der Waals surface area (Å²) in [4.78, 5) is 4.77. The molecule has 6 aliphatic rings. The molecule has 9 nitrogen and oxygen atoms in total. The highest BCUT2D eigenvalue weighted by molar-refractivity contribution is 5.51. The fourth-order valence-corrected chi connectivity index (χ4v) is 5.43. The van der Waals surface area contributed by atoms with Crippen LogP contribution in [0, 0.1) is 0 Å². The van der Waals surface area contributed by atoms with Gasteiger partial charge in [-0.05, 0) is 35.4 Å². The molecule has 39 heavy (non-hydrogen) atoms. The van der Waals surface area contributed by atoms with Gasteiger partial charge < -0.3 is 43.0 Å². The smallest absolute Gasteiger partial charge is 0.112 e. The molecule has 8 unspecified atom stereocenters. The van der Waals surface area contributed by atoms with E-state index < -0.39 is 0 Å². The van der Waals surface area contributed by atoms with E-state index in [0.717, 1.165) is 63.7 Å². The Balaban J connectivity index is 1.03. The first-order valence-corrected chi connectivity index (χ1v) is 14.3. The van der Waals surface area contributed by atoms with E-state index in [-0.39, 0.29) is 24.4 Å². The van der Waals surface area contributed by atoms with Crippen molar-refractivity contribution in [2.45, 2.75) is 48.8 Å². The zero-order valence-electron chi connectivity index (χ0n) is 22.1. The van der Waals surface area contributed by atoms with Crippen LogP contribution in [0.2, 0.25) is 0 Å². The molecule has 6 heterocycles. The third-order valence-electron chi connectivity index (χ3n) is 8.12. The van der Waals surface area contributed by atoms with E-state index in [1.54, 1.807) is 0 Å². The highest BCUT2D eigenvalue weighted by Crippen LogP contribution is 2.42. The van der Waals surface area contributed by atoms with Crippen LogP contribution in [0.3, 0.4) is 0 Å². The van der Waals surface area contributed by atoms with Crippen molar-refractivity contribution in [2.24, 2.45) is 0 Å². The van der Waals surface area contributed by atoms with Gasteiger partial charge in [-0.3, -0.25) is 0 Å². The van der Waals surface area contributed by atoms with Crippen LogP contribution in [0.5, 0.6) is 0 Å². The van der Waals surface area contributed by atoms with Gasteiger partial charge in [-0.1, -0.05) is 24.3 Å². The third-order valence-corrected chi connectivity index (χ3v) is 8.12. The zero-order valence-corrected chi connectivity index (χ0v) is 22.1. The summed E-state index contributed by atoms with van der Waals surface area (Å²) >= 11 is 0. The number of hydrogen-bond donors (Lipinski definition) is 0. The van der Waals surface area contributed by atoms with E-state index in [1.165, 1.54) is 11.4 Å². The maximum atomic E-state index is 6.93. The topological polar surface area (TPSA) is 90.9 Å². The molecule has 0 N–H and O–H groups in total. The molecule has 6 aliphatic heterocycles. The first-order chi connectivity index (χ1) is 19.2. The molecule has 8 rings (SSSR count). The summed E-state index contributed by atoms with van der Waals surface area (Å²) in [6, 6.07) is 17.4. The first kappa shape index (κ1) is 24.5. The minimum absolute atomic E-state index is 0.0483. The van der Waals surface area contributed by atoms with Gasteiger partial charge in [0.15, 0.2) is 0 Å². The van der Waals surface area contributed by atoms with Crippen molar-refractivity contribution in [1.82, 2.24) is 0 Å². The van der Waals surface area contributed by atoms with Crippen LogP contribution < -0.4 is 9.80 Å². The van der Waals surface area contributed by atoms with E-state index >= 15 is 0 Å². The maximum absolute atomic E-state index is 6.93. The molecule has 0 spiro atoms. The predicted octanol–water partition coefficient (Wildman–Crippen LogP) is 2.49. The largest absolute Gasteiger partial charge is 0.371 e. The molecule has 208 valence electrons. The lowest BCUT2D eigenvalue weighted by molar-refractivity contribution is -0.0418. The number of anilines is 2. The molecule has 0 aromatic heterocycles. The summed E-state index contributed by atoms with van der Waals surface area (Å²) in [5, 5.41) is 0. The monoisotopic (exact) mass is 536 g/mol. The van der Waals surface area contributed by atoms with E-state index in [2.05, 4.69) is 58.3 Å². The lowest BCUT2D eigenvalue weighted by Crippen LogP contribution is -2.32. The Bertz CT molecular complexity index is 1040. The highest BCUT2D eigenvalue weighted by Gasteiger charge is 2.43. The summed E-state index contributed by atoms with van der Waals surface area (Å²) in [5.41, 5.74) is 4.62. The van der Waals surface area contributed by atoms with Crippen LogP contribution in [-0.2, 0) is 33.2 Å². The van der Waals surface area contributed by atoms with Crippen molar-refractivity contribution in [1.29, 1.82) is 0 Å². The molecule has 0 bridgehead atoms. The molecule has 9 heteroatoms. The molecule has 0 amide bonds. The molecule has 0 saturated carbocycles. The summed E-state index contributed by atoms with van der Waals surface area (Å²) in [7, 11) is 0. The molecule has 0 radical (unpaired) electrons. The highest BCUT2D eigenvalue weighted by atomic mass is 16.6. The second-order valence-electron chi connectivity index (χ2n) is 11.5. The predicted molar refractivity (Wildman–Crippen MR) is 142 cm³/mol. The quantitative estimate of drug-likeness (QED) is 0.300. The zero-order chi connectivity index (χ0) is 25.8. The van der Waals surface area contributed by atoms with Gasteiger partial charge in [0, 0.05) is 37.6 Å². The van der Waals surface area contributed by atoms with Gasteiger partial charge in [0.1, 0.15) is 24.4 Å². The van der Waals surface area contributed by atoms with Gasteiger partial charge >= 0.3 is 0 Å². The lowest BCUT2D eigenvalue weighted by Gasteiger charge is -2.28. The van der Waals surface area contributed by atoms with Gasteiger partial charge in [0.05, 0.1) is 64.1 Å². The lowest BCUT2D eigenvalue weighted by atomic mass is 10.0. The Morgan fingerprint density at radius 2 is 0.923 bits per heavy atom. The number of hydrogen-bond acceptors (Lipinski definition) is 9. The maximum Gasteiger partial charge on any atom is 0.112 e. The van der Waals surface area contributed by atoms with Crippen LogP contribution >= 0.6 is 0 Å². The van der Waals surface area contributed by atoms with Gasteiger partial charge in [0.25, 0.3) is 0 Å². The average molecular weight is 537 g/mol. The molecule has 6 fully saturated rings. The van der Waals surface area contributed by atoms with E-state index in [0.29, 0.717) is 37.6 Å². The number of nitrogens with zero attached hydrogens (tertiary/aromatic N) is 2. The Morgan fingerprint density at radius 3 is 1.23 bits per heavy atom. The molecule has 8 atom stereocenters. The minimum Gasteiger partial charge on any atom is -0.371 e. The van der Waals surface area contributed by atoms with Gasteiger partial charge in [0.2, 0.25) is 0 Å². The van der Waals surface area contributed by atoms with Crippen molar-refractivity contribution < 1.29 is 33.2 Å². The second kappa shape index (κ2) is 10.3. The van der Waals surface area contributed by atoms with Gasteiger partial charge in [-0.25, -0.2) is 0 Å². The molecule has 6 saturated heterocycles.